The van der Waals surface area contributed by atoms with Crippen molar-refractivity contribution in [1.29, 1.82) is 0 Å². The van der Waals surface area contributed by atoms with Crippen LogP contribution in [0.1, 0.15) is 26.7 Å². The van der Waals surface area contributed by atoms with Crippen LogP contribution in [0.4, 0.5) is 10.7 Å². The Morgan fingerprint density at radius 2 is 2.18 bits per heavy atom. The molecule has 1 aliphatic rings. The lowest BCUT2D eigenvalue weighted by atomic mass is 10.1. The summed E-state index contributed by atoms with van der Waals surface area (Å²) < 4.78 is 10.9. The van der Waals surface area contributed by atoms with Gasteiger partial charge >= 0.3 is 0 Å². The molecule has 1 N–H and O–H groups in total. The molecule has 0 radical (unpaired) electrons. The van der Waals surface area contributed by atoms with Crippen molar-refractivity contribution < 1.29 is 14.1 Å². The second-order valence-electron chi connectivity index (χ2n) is 6.56. The summed E-state index contributed by atoms with van der Waals surface area (Å²) >= 11 is 7.61. The number of benzene rings is 1. The van der Waals surface area contributed by atoms with Crippen LogP contribution >= 0.6 is 22.9 Å². The highest BCUT2D eigenvalue weighted by Crippen LogP contribution is 2.40. The Labute approximate surface area is 172 Å². The van der Waals surface area contributed by atoms with Gasteiger partial charge in [0.2, 0.25) is 0 Å². The number of nitrogens with one attached hydrogen (secondary N) is 1. The molecule has 0 fully saturated rings. The number of hydrogen-bond acceptors (Lipinski definition) is 6. The third-order valence-electron chi connectivity index (χ3n) is 4.71. The second kappa shape index (κ2) is 7.85. The Morgan fingerprint density at radius 1 is 1.32 bits per heavy atom. The number of rotatable bonds is 5. The van der Waals surface area contributed by atoms with E-state index in [-0.39, 0.29) is 5.91 Å². The summed E-state index contributed by atoms with van der Waals surface area (Å²) in [6.07, 6.45) is 0.695. The van der Waals surface area contributed by atoms with E-state index < -0.39 is 0 Å². The van der Waals surface area contributed by atoms with Crippen LogP contribution in [-0.2, 0) is 6.42 Å². The molecule has 0 saturated heterocycles. The van der Waals surface area contributed by atoms with E-state index in [4.69, 9.17) is 20.9 Å². The van der Waals surface area contributed by atoms with Crippen molar-refractivity contribution >= 4 is 39.5 Å². The molecule has 4 rings (SSSR count). The summed E-state index contributed by atoms with van der Waals surface area (Å²) in [6, 6.07) is 9.39. The zero-order valence-electron chi connectivity index (χ0n) is 15.6. The number of nitrogens with zero attached hydrogens (tertiary/aromatic N) is 2. The first kappa shape index (κ1) is 18.8. The summed E-state index contributed by atoms with van der Waals surface area (Å²) in [5.41, 5.74) is 2.84. The highest BCUT2D eigenvalue weighted by Gasteiger charge is 2.22. The van der Waals surface area contributed by atoms with Gasteiger partial charge in [-0.25, -0.2) is 0 Å². The molecule has 28 heavy (non-hydrogen) atoms. The molecule has 8 heteroatoms. The minimum atomic E-state index is -0.0809. The van der Waals surface area contributed by atoms with Gasteiger partial charge in [-0.1, -0.05) is 16.8 Å². The van der Waals surface area contributed by atoms with Crippen LogP contribution in [0, 0.1) is 13.8 Å². The predicted octanol–water partition coefficient (Wildman–Crippen LogP) is 4.51. The third-order valence-corrected chi connectivity index (χ3v) is 6.05. The van der Waals surface area contributed by atoms with Gasteiger partial charge in [-0.3, -0.25) is 4.79 Å². The number of carbonyl (C=O) groups is 1. The van der Waals surface area contributed by atoms with Gasteiger partial charge in [-0.15, -0.1) is 11.3 Å². The molecule has 0 atom stereocenters. The number of anilines is 2. The van der Waals surface area contributed by atoms with Gasteiger partial charge in [-0.05, 0) is 50.6 Å². The first-order valence-electron chi connectivity index (χ1n) is 9.02. The maximum atomic E-state index is 12.5. The summed E-state index contributed by atoms with van der Waals surface area (Å²) in [5.74, 6) is 1.52. The van der Waals surface area contributed by atoms with Crippen LogP contribution in [0.15, 0.2) is 34.9 Å². The number of aromatic nitrogens is 1. The highest BCUT2D eigenvalue weighted by atomic mass is 35.5. The average molecular weight is 418 g/mol. The van der Waals surface area contributed by atoms with E-state index in [1.54, 1.807) is 0 Å². The molecule has 2 aromatic heterocycles. The van der Waals surface area contributed by atoms with Gasteiger partial charge < -0.3 is 19.5 Å². The Bertz CT molecular complexity index is 995. The molecule has 0 bridgehead atoms. The maximum Gasteiger partial charge on any atom is 0.261 e. The van der Waals surface area contributed by atoms with E-state index in [2.05, 4.69) is 15.4 Å². The lowest BCUT2D eigenvalue weighted by Crippen LogP contribution is -2.28. The van der Waals surface area contributed by atoms with E-state index in [9.17, 15) is 4.79 Å². The van der Waals surface area contributed by atoms with Crippen LogP contribution in [0.5, 0.6) is 5.75 Å². The normalized spacial score (nSPS) is 13.2. The van der Waals surface area contributed by atoms with Gasteiger partial charge in [0, 0.05) is 17.1 Å². The first-order chi connectivity index (χ1) is 13.5. The summed E-state index contributed by atoms with van der Waals surface area (Å²) in [5, 5.41) is 8.56. The number of amides is 1. The number of aryl methyl sites for hydroxylation is 2. The van der Waals surface area contributed by atoms with Crippen molar-refractivity contribution in [3.8, 4) is 5.75 Å². The van der Waals surface area contributed by atoms with Crippen molar-refractivity contribution in [2.24, 2.45) is 0 Å². The molecule has 0 unspecified atom stereocenters. The van der Waals surface area contributed by atoms with Crippen molar-refractivity contribution in [3.63, 3.8) is 0 Å². The monoisotopic (exact) mass is 417 g/mol. The van der Waals surface area contributed by atoms with E-state index >= 15 is 0 Å². The zero-order chi connectivity index (χ0) is 19.7. The fourth-order valence-electron chi connectivity index (χ4n) is 3.26. The van der Waals surface area contributed by atoms with E-state index in [1.165, 1.54) is 11.3 Å². The molecule has 3 aromatic rings. The Kier molecular flexibility index (Phi) is 5.28. The van der Waals surface area contributed by atoms with Crippen molar-refractivity contribution in [1.82, 2.24) is 10.5 Å². The SMILES string of the molecule is Cc1noc(C)c1CCNC(=O)c1ccc(N2CCOc3ccc(Cl)cc32)s1. The summed E-state index contributed by atoms with van der Waals surface area (Å²) in [6.45, 7) is 5.62. The Morgan fingerprint density at radius 3 is 2.96 bits per heavy atom. The number of halogens is 1. The average Bonchev–Trinajstić information content (AvgIpc) is 3.29. The van der Waals surface area contributed by atoms with Crippen molar-refractivity contribution in [2.45, 2.75) is 20.3 Å². The van der Waals surface area contributed by atoms with E-state index in [0.29, 0.717) is 36.0 Å². The minimum absolute atomic E-state index is 0.0809. The molecule has 146 valence electrons. The van der Waals surface area contributed by atoms with Gasteiger partial charge in [0.15, 0.2) is 0 Å². The van der Waals surface area contributed by atoms with Gasteiger partial charge in [0.05, 0.1) is 27.8 Å². The molecule has 1 amide bonds. The molecule has 3 heterocycles. The fraction of sp³-hybridized carbons (Fsp3) is 0.300. The molecule has 0 saturated carbocycles. The van der Waals surface area contributed by atoms with E-state index in [0.717, 1.165) is 33.5 Å². The Balaban J connectivity index is 1.43. The highest BCUT2D eigenvalue weighted by molar-refractivity contribution is 7.18. The minimum Gasteiger partial charge on any atom is -0.490 e. The number of ether oxygens (including phenoxy) is 1. The second-order valence-corrected chi connectivity index (χ2v) is 8.06. The first-order valence-corrected chi connectivity index (χ1v) is 10.2. The maximum absolute atomic E-state index is 12.5. The van der Waals surface area contributed by atoms with Crippen molar-refractivity contribution in [2.75, 3.05) is 24.6 Å². The fourth-order valence-corrected chi connectivity index (χ4v) is 4.39. The van der Waals surface area contributed by atoms with Crippen LogP contribution in [-0.4, -0.2) is 30.8 Å². The van der Waals surface area contributed by atoms with Gasteiger partial charge in [-0.2, -0.15) is 0 Å². The topological polar surface area (TPSA) is 67.6 Å². The molecule has 1 aromatic carbocycles. The number of fused-ring (bicyclic) bond motifs is 1. The number of thiophene rings is 1. The largest absolute Gasteiger partial charge is 0.490 e. The standard InChI is InChI=1S/C20H20ClN3O3S/c1-12-15(13(2)27-23-12)7-8-22-20(25)18-5-6-19(28-18)24-9-10-26-17-4-3-14(21)11-16(17)24/h3-6,11H,7-10H2,1-2H3,(H,22,25). The summed E-state index contributed by atoms with van der Waals surface area (Å²) in [4.78, 5) is 15.3. The molecular weight excluding hydrogens is 398 g/mol. The van der Waals surface area contributed by atoms with Crippen LogP contribution in [0.3, 0.4) is 0 Å². The number of carbonyl (C=O) groups excluding carboxylic acids is 1. The van der Waals surface area contributed by atoms with E-state index in [1.807, 2.05) is 44.2 Å². The molecule has 6 nitrogen and oxygen atoms in total. The molecule has 1 aliphatic heterocycles. The lowest BCUT2D eigenvalue weighted by Gasteiger charge is -2.30. The quantitative estimate of drug-likeness (QED) is 0.661. The van der Waals surface area contributed by atoms with Crippen LogP contribution in [0.2, 0.25) is 5.02 Å². The molecule has 0 spiro atoms. The third kappa shape index (κ3) is 3.72. The van der Waals surface area contributed by atoms with Gasteiger partial charge in [0.25, 0.3) is 5.91 Å². The smallest absolute Gasteiger partial charge is 0.261 e. The predicted molar refractivity (Wildman–Crippen MR) is 110 cm³/mol. The summed E-state index contributed by atoms with van der Waals surface area (Å²) in [7, 11) is 0. The van der Waals surface area contributed by atoms with Crippen LogP contribution in [0.25, 0.3) is 0 Å². The lowest BCUT2D eigenvalue weighted by molar-refractivity contribution is 0.0958. The van der Waals surface area contributed by atoms with Crippen molar-refractivity contribution in [3.05, 3.63) is 57.2 Å². The molecular formula is C20H20ClN3O3S. The number of hydrogen-bond donors (Lipinski definition) is 1. The molecule has 0 aliphatic carbocycles. The Hall–Kier alpha value is -2.51. The zero-order valence-corrected chi connectivity index (χ0v) is 17.2. The van der Waals surface area contributed by atoms with Gasteiger partial charge in [0.1, 0.15) is 18.1 Å². The van der Waals surface area contributed by atoms with Crippen LogP contribution < -0.4 is 15.0 Å².